The Balaban J connectivity index is 2.93. The molecule has 8 heteroatoms. The highest BCUT2D eigenvalue weighted by Crippen LogP contribution is 2.16. The number of nitrogens with zero attached hydrogens (tertiary/aromatic N) is 2. The summed E-state index contributed by atoms with van der Waals surface area (Å²) < 4.78 is 24.6. The molecule has 0 aliphatic heterocycles. The third-order valence-electron chi connectivity index (χ3n) is 2.03. The highest BCUT2D eigenvalue weighted by Gasteiger charge is 2.20. The normalized spacial score (nSPS) is 10.8. The highest BCUT2D eigenvalue weighted by molar-refractivity contribution is 6.33. The lowest BCUT2D eigenvalue weighted by Crippen LogP contribution is -2.37. The quantitative estimate of drug-likeness (QED) is 0.847. The number of carbonyl (C=O) groups is 1. The first-order chi connectivity index (χ1) is 8.43. The van der Waals surface area contributed by atoms with Crippen molar-refractivity contribution in [3.05, 3.63) is 28.0 Å². The average molecular weight is 299 g/mol. The van der Waals surface area contributed by atoms with Gasteiger partial charge in [0.25, 0.3) is 12.3 Å². The summed E-state index contributed by atoms with van der Waals surface area (Å²) in [5.41, 5.74) is 0.0501. The molecule has 0 saturated heterocycles. The van der Waals surface area contributed by atoms with Gasteiger partial charge in [-0.15, -0.1) is 0 Å². The summed E-state index contributed by atoms with van der Waals surface area (Å²) in [6, 6.07) is 2.46. The van der Waals surface area contributed by atoms with Crippen molar-refractivity contribution < 1.29 is 18.7 Å². The van der Waals surface area contributed by atoms with Crippen molar-refractivity contribution in [2.24, 2.45) is 0 Å². The summed E-state index contributed by atoms with van der Waals surface area (Å²) in [7, 11) is 0. The molecule has 0 atom stereocenters. The molecular weight excluding hydrogens is 289 g/mol. The topological polar surface area (TPSA) is 53.4 Å². The fourth-order valence-electron chi connectivity index (χ4n) is 1.33. The molecule has 0 unspecified atom stereocenters. The lowest BCUT2D eigenvalue weighted by Gasteiger charge is -2.21. The monoisotopic (exact) mass is 298 g/mol. The minimum absolute atomic E-state index is 0.00755. The molecule has 1 aromatic heterocycles. The first kappa shape index (κ1) is 15.1. The van der Waals surface area contributed by atoms with E-state index in [0.717, 1.165) is 4.90 Å². The molecule has 100 valence electrons. The maximum Gasteiger partial charge on any atom is 0.255 e. The molecule has 0 spiro atoms. The van der Waals surface area contributed by atoms with Crippen LogP contribution < -0.4 is 0 Å². The molecule has 1 heterocycles. The number of hydrogen-bond acceptors (Lipinski definition) is 3. The van der Waals surface area contributed by atoms with Crippen molar-refractivity contribution in [1.29, 1.82) is 0 Å². The van der Waals surface area contributed by atoms with Gasteiger partial charge >= 0.3 is 0 Å². The van der Waals surface area contributed by atoms with Gasteiger partial charge in [-0.25, -0.2) is 13.8 Å². The van der Waals surface area contributed by atoms with Gasteiger partial charge < -0.3 is 10.0 Å². The number of halogens is 4. The average Bonchev–Trinajstić information content (AvgIpc) is 2.25. The van der Waals surface area contributed by atoms with Crippen molar-refractivity contribution in [2.45, 2.75) is 6.43 Å². The van der Waals surface area contributed by atoms with Crippen LogP contribution in [0.25, 0.3) is 0 Å². The van der Waals surface area contributed by atoms with Gasteiger partial charge in [-0.1, -0.05) is 23.2 Å². The van der Waals surface area contributed by atoms with E-state index >= 15 is 0 Å². The molecule has 0 aliphatic carbocycles. The van der Waals surface area contributed by atoms with E-state index in [1.165, 1.54) is 12.1 Å². The molecule has 1 amide bonds. The zero-order chi connectivity index (χ0) is 13.7. The van der Waals surface area contributed by atoms with Gasteiger partial charge in [0.1, 0.15) is 10.3 Å². The third kappa shape index (κ3) is 4.36. The van der Waals surface area contributed by atoms with Gasteiger partial charge in [-0.3, -0.25) is 4.79 Å². The Labute approximate surface area is 112 Å². The zero-order valence-corrected chi connectivity index (χ0v) is 10.6. The van der Waals surface area contributed by atoms with E-state index in [1.807, 2.05) is 0 Å². The van der Waals surface area contributed by atoms with Crippen molar-refractivity contribution in [3.8, 4) is 0 Å². The number of amides is 1. The minimum atomic E-state index is -2.69. The van der Waals surface area contributed by atoms with E-state index in [0.29, 0.717) is 0 Å². The van der Waals surface area contributed by atoms with Crippen LogP contribution in [0.3, 0.4) is 0 Å². The summed E-state index contributed by atoms with van der Waals surface area (Å²) >= 11 is 11.2. The number of rotatable bonds is 5. The van der Waals surface area contributed by atoms with E-state index in [1.54, 1.807) is 0 Å². The molecule has 0 bridgehead atoms. The van der Waals surface area contributed by atoms with E-state index in [-0.39, 0.29) is 22.4 Å². The Bertz CT molecular complexity index is 412. The van der Waals surface area contributed by atoms with Crippen LogP contribution in [0.5, 0.6) is 0 Å². The molecule has 0 radical (unpaired) electrons. The SMILES string of the molecule is O=C(c1cc(Cl)nc(Cl)c1)N(CCO)CC(F)F. The molecular formula is C10H10Cl2F2N2O2. The molecule has 0 aromatic carbocycles. The molecule has 4 nitrogen and oxygen atoms in total. The number of aliphatic hydroxyl groups excluding tert-OH is 1. The molecule has 18 heavy (non-hydrogen) atoms. The Morgan fingerprint density at radius 2 is 1.94 bits per heavy atom. The first-order valence-electron chi connectivity index (χ1n) is 4.95. The van der Waals surface area contributed by atoms with Gasteiger partial charge in [0, 0.05) is 12.1 Å². The van der Waals surface area contributed by atoms with Crippen LogP contribution in [0.1, 0.15) is 10.4 Å². The second-order valence-electron chi connectivity index (χ2n) is 3.37. The maximum atomic E-state index is 12.3. The predicted molar refractivity (Wildman–Crippen MR) is 63.3 cm³/mol. The van der Waals surface area contributed by atoms with Crippen molar-refractivity contribution in [1.82, 2.24) is 9.88 Å². The van der Waals surface area contributed by atoms with E-state index in [4.69, 9.17) is 28.3 Å². The molecule has 0 saturated carbocycles. The second kappa shape index (κ2) is 6.82. The summed E-state index contributed by atoms with van der Waals surface area (Å²) in [5.74, 6) is -0.685. The van der Waals surface area contributed by atoms with E-state index in [2.05, 4.69) is 4.98 Å². The lowest BCUT2D eigenvalue weighted by atomic mass is 10.2. The van der Waals surface area contributed by atoms with Crippen LogP contribution in [-0.2, 0) is 0 Å². The van der Waals surface area contributed by atoms with Crippen LogP contribution >= 0.6 is 23.2 Å². The molecule has 0 aliphatic rings. The summed E-state index contributed by atoms with van der Waals surface area (Å²) in [4.78, 5) is 16.4. The van der Waals surface area contributed by atoms with Crippen LogP contribution in [0.15, 0.2) is 12.1 Å². The molecule has 1 aromatic rings. The molecule has 0 fully saturated rings. The van der Waals surface area contributed by atoms with Gasteiger partial charge in [0.2, 0.25) is 0 Å². The summed E-state index contributed by atoms with van der Waals surface area (Å²) in [6.45, 7) is -1.37. The number of pyridine rings is 1. The number of aliphatic hydroxyl groups is 1. The van der Waals surface area contributed by atoms with Crippen LogP contribution in [0, 0.1) is 0 Å². The van der Waals surface area contributed by atoms with Gasteiger partial charge in [0.05, 0.1) is 13.2 Å². The first-order valence-corrected chi connectivity index (χ1v) is 5.71. The summed E-state index contributed by atoms with van der Waals surface area (Å²) in [6.07, 6.45) is -2.69. The Hall–Kier alpha value is -0.980. The van der Waals surface area contributed by atoms with Gasteiger partial charge in [-0.05, 0) is 12.1 Å². The number of aromatic nitrogens is 1. The van der Waals surface area contributed by atoms with Crippen molar-refractivity contribution in [2.75, 3.05) is 19.7 Å². The maximum absolute atomic E-state index is 12.3. The van der Waals surface area contributed by atoms with E-state index < -0.39 is 25.5 Å². The summed E-state index contributed by atoms with van der Waals surface area (Å²) in [5, 5.41) is 8.74. The predicted octanol–water partition coefficient (Wildman–Crippen LogP) is 2.09. The Morgan fingerprint density at radius 3 is 2.39 bits per heavy atom. The van der Waals surface area contributed by atoms with Crippen molar-refractivity contribution >= 4 is 29.1 Å². The van der Waals surface area contributed by atoms with Crippen molar-refractivity contribution in [3.63, 3.8) is 0 Å². The van der Waals surface area contributed by atoms with Crippen LogP contribution in [0.4, 0.5) is 8.78 Å². The fraction of sp³-hybridized carbons (Fsp3) is 0.400. The number of hydrogen-bond donors (Lipinski definition) is 1. The van der Waals surface area contributed by atoms with Gasteiger partial charge in [-0.2, -0.15) is 0 Å². The molecule has 1 rings (SSSR count). The van der Waals surface area contributed by atoms with E-state index in [9.17, 15) is 13.6 Å². The minimum Gasteiger partial charge on any atom is -0.395 e. The largest absolute Gasteiger partial charge is 0.395 e. The third-order valence-corrected chi connectivity index (χ3v) is 2.41. The van der Waals surface area contributed by atoms with Gasteiger partial charge in [0.15, 0.2) is 0 Å². The standard InChI is InChI=1S/C10H10Cl2F2N2O2/c11-7-3-6(4-8(12)15-7)10(18)16(1-2-17)5-9(13)14/h3-4,9,17H,1-2,5H2. The number of carbonyl (C=O) groups excluding carboxylic acids is 1. The second-order valence-corrected chi connectivity index (χ2v) is 4.14. The molecule has 1 N–H and O–H groups in total. The highest BCUT2D eigenvalue weighted by atomic mass is 35.5. The smallest absolute Gasteiger partial charge is 0.255 e. The number of alkyl halides is 2. The van der Waals surface area contributed by atoms with Crippen LogP contribution in [-0.4, -0.2) is 47.0 Å². The van der Waals surface area contributed by atoms with Crippen LogP contribution in [0.2, 0.25) is 10.3 Å². The zero-order valence-electron chi connectivity index (χ0n) is 9.12. The lowest BCUT2D eigenvalue weighted by molar-refractivity contribution is 0.0509. The Morgan fingerprint density at radius 1 is 1.39 bits per heavy atom. The Kier molecular flexibility index (Phi) is 5.71. The fourth-order valence-corrected chi connectivity index (χ4v) is 1.79.